The molecule has 0 aromatic heterocycles. The van der Waals surface area contributed by atoms with Crippen molar-refractivity contribution in [2.45, 2.75) is 18.7 Å². The Morgan fingerprint density at radius 3 is 2.33 bits per heavy atom. The Morgan fingerprint density at radius 1 is 0.944 bits per heavy atom. The molecule has 0 aliphatic carbocycles. The molecule has 2 aromatic rings. The van der Waals surface area contributed by atoms with E-state index in [1.165, 1.54) is 0 Å². The molecule has 0 radical (unpaired) electrons. The minimum Gasteiger partial charge on any atom is -0.379 e. The van der Waals surface area contributed by atoms with Gasteiger partial charge >= 0.3 is 10.1 Å². The van der Waals surface area contributed by atoms with Gasteiger partial charge in [0.1, 0.15) is 10.6 Å². The van der Waals surface area contributed by atoms with Crippen molar-refractivity contribution in [2.75, 3.05) is 0 Å². The fraction of sp³-hybridized carbons (Fsp3) is 0.143. The van der Waals surface area contributed by atoms with Crippen molar-refractivity contribution in [3.05, 3.63) is 59.7 Å². The van der Waals surface area contributed by atoms with E-state index in [1.54, 1.807) is 49.4 Å². The summed E-state index contributed by atoms with van der Waals surface area (Å²) in [7, 11) is -3.76. The summed E-state index contributed by atoms with van der Waals surface area (Å²) >= 11 is 0. The third-order valence-corrected chi connectivity index (χ3v) is 3.97. The zero-order valence-corrected chi connectivity index (χ0v) is 11.1. The van der Waals surface area contributed by atoms with E-state index in [-0.39, 0.29) is 4.90 Å². The lowest BCUT2D eigenvalue weighted by Crippen LogP contribution is -2.11. The van der Waals surface area contributed by atoms with Gasteiger partial charge in [-0.05, 0) is 43.2 Å². The van der Waals surface area contributed by atoms with Gasteiger partial charge in [-0.3, -0.25) is 0 Å². The maximum absolute atomic E-state index is 12.1. The van der Waals surface area contributed by atoms with Gasteiger partial charge in [0.15, 0.2) is 0 Å². The van der Waals surface area contributed by atoms with Crippen LogP contribution in [0.2, 0.25) is 0 Å². The fourth-order valence-corrected chi connectivity index (χ4v) is 2.83. The number of hydrogen-bond donors (Lipinski definition) is 0. The number of aryl methyl sites for hydroxylation is 2. The van der Waals surface area contributed by atoms with Gasteiger partial charge in [0.05, 0.1) is 0 Å². The van der Waals surface area contributed by atoms with Crippen molar-refractivity contribution >= 4 is 10.1 Å². The van der Waals surface area contributed by atoms with Gasteiger partial charge < -0.3 is 4.18 Å². The SMILES string of the molecule is Cc1cccc(OS(=O)(=O)c2ccccc2C)c1. The summed E-state index contributed by atoms with van der Waals surface area (Å²) in [5.74, 6) is 0.332. The molecule has 0 unspecified atom stereocenters. The van der Waals surface area contributed by atoms with Crippen LogP contribution < -0.4 is 4.18 Å². The second kappa shape index (κ2) is 4.82. The van der Waals surface area contributed by atoms with Crippen LogP contribution in [0, 0.1) is 13.8 Å². The van der Waals surface area contributed by atoms with E-state index in [1.807, 2.05) is 13.0 Å². The molecule has 0 aliphatic heterocycles. The monoisotopic (exact) mass is 262 g/mol. The van der Waals surface area contributed by atoms with E-state index in [0.717, 1.165) is 5.56 Å². The summed E-state index contributed by atoms with van der Waals surface area (Å²) in [6.07, 6.45) is 0. The molecule has 0 spiro atoms. The largest absolute Gasteiger partial charge is 0.379 e. The van der Waals surface area contributed by atoms with Crippen molar-refractivity contribution < 1.29 is 12.6 Å². The summed E-state index contributed by atoms with van der Waals surface area (Å²) in [4.78, 5) is 0.200. The van der Waals surface area contributed by atoms with Crippen molar-refractivity contribution in [2.24, 2.45) is 0 Å². The Hall–Kier alpha value is -1.81. The molecule has 18 heavy (non-hydrogen) atoms. The first-order chi connectivity index (χ1) is 8.49. The maximum Gasteiger partial charge on any atom is 0.339 e. The Balaban J connectivity index is 2.37. The molecule has 0 amide bonds. The molecular weight excluding hydrogens is 248 g/mol. The van der Waals surface area contributed by atoms with Gasteiger partial charge in [-0.15, -0.1) is 0 Å². The van der Waals surface area contributed by atoms with Crippen LogP contribution in [-0.4, -0.2) is 8.42 Å². The number of benzene rings is 2. The lowest BCUT2D eigenvalue weighted by molar-refractivity contribution is 0.485. The second-order valence-corrected chi connectivity index (χ2v) is 5.63. The first-order valence-corrected chi connectivity index (χ1v) is 6.97. The average molecular weight is 262 g/mol. The summed E-state index contributed by atoms with van der Waals surface area (Å²) in [5, 5.41) is 0. The van der Waals surface area contributed by atoms with Crippen LogP contribution in [0.5, 0.6) is 5.75 Å². The average Bonchev–Trinajstić information content (AvgIpc) is 2.28. The van der Waals surface area contributed by atoms with E-state index >= 15 is 0 Å². The summed E-state index contributed by atoms with van der Waals surface area (Å²) < 4.78 is 29.3. The molecule has 3 nitrogen and oxygen atoms in total. The molecule has 0 atom stereocenters. The number of rotatable bonds is 3. The molecule has 0 fully saturated rings. The van der Waals surface area contributed by atoms with E-state index in [9.17, 15) is 8.42 Å². The Bertz CT molecular complexity index is 660. The van der Waals surface area contributed by atoms with E-state index in [2.05, 4.69) is 0 Å². The minimum absolute atomic E-state index is 0.200. The standard InChI is InChI=1S/C14H14O3S/c1-11-6-5-8-13(10-11)17-18(15,16)14-9-4-3-7-12(14)2/h3-10H,1-2H3. The molecule has 0 bridgehead atoms. The van der Waals surface area contributed by atoms with Gasteiger partial charge in [0.2, 0.25) is 0 Å². The fourth-order valence-electron chi connectivity index (χ4n) is 1.68. The molecule has 4 heteroatoms. The molecule has 2 rings (SSSR count). The van der Waals surface area contributed by atoms with Crippen molar-refractivity contribution in [1.82, 2.24) is 0 Å². The maximum atomic E-state index is 12.1. The smallest absolute Gasteiger partial charge is 0.339 e. The van der Waals surface area contributed by atoms with E-state index < -0.39 is 10.1 Å². The van der Waals surface area contributed by atoms with E-state index in [0.29, 0.717) is 11.3 Å². The van der Waals surface area contributed by atoms with Gasteiger partial charge in [-0.1, -0.05) is 30.3 Å². The van der Waals surface area contributed by atoms with Gasteiger partial charge in [0, 0.05) is 0 Å². The summed E-state index contributed by atoms with van der Waals surface area (Å²) in [6, 6.07) is 13.7. The Morgan fingerprint density at radius 2 is 1.67 bits per heavy atom. The van der Waals surface area contributed by atoms with Crippen molar-refractivity contribution in [3.8, 4) is 5.75 Å². The Labute approximate surface area is 107 Å². The molecule has 94 valence electrons. The van der Waals surface area contributed by atoms with Gasteiger partial charge in [-0.25, -0.2) is 0 Å². The first-order valence-electron chi connectivity index (χ1n) is 5.56. The molecule has 0 heterocycles. The van der Waals surface area contributed by atoms with Gasteiger partial charge in [-0.2, -0.15) is 8.42 Å². The molecule has 0 saturated carbocycles. The highest BCUT2D eigenvalue weighted by atomic mass is 32.2. The number of hydrogen-bond acceptors (Lipinski definition) is 3. The molecule has 0 N–H and O–H groups in total. The predicted octanol–water partition coefficient (Wildman–Crippen LogP) is 3.07. The third kappa shape index (κ3) is 2.71. The van der Waals surface area contributed by atoms with E-state index in [4.69, 9.17) is 4.18 Å². The third-order valence-electron chi connectivity index (χ3n) is 2.56. The van der Waals surface area contributed by atoms with Gasteiger partial charge in [0.25, 0.3) is 0 Å². The molecule has 0 saturated heterocycles. The molecule has 0 aliphatic rings. The Kier molecular flexibility index (Phi) is 3.39. The first kappa shape index (κ1) is 12.6. The van der Waals surface area contributed by atoms with Crippen molar-refractivity contribution in [3.63, 3.8) is 0 Å². The minimum atomic E-state index is -3.76. The van der Waals surface area contributed by atoms with Crippen LogP contribution >= 0.6 is 0 Å². The lowest BCUT2D eigenvalue weighted by atomic mass is 10.2. The van der Waals surface area contributed by atoms with Crippen LogP contribution in [0.1, 0.15) is 11.1 Å². The topological polar surface area (TPSA) is 43.4 Å². The quantitative estimate of drug-likeness (QED) is 0.798. The summed E-state index contributed by atoms with van der Waals surface area (Å²) in [6.45, 7) is 3.62. The zero-order chi connectivity index (χ0) is 13.2. The highest BCUT2D eigenvalue weighted by molar-refractivity contribution is 7.87. The van der Waals surface area contributed by atoms with Crippen LogP contribution in [-0.2, 0) is 10.1 Å². The van der Waals surface area contributed by atoms with Crippen LogP contribution in [0.3, 0.4) is 0 Å². The normalized spacial score (nSPS) is 11.2. The van der Waals surface area contributed by atoms with Crippen LogP contribution in [0.25, 0.3) is 0 Å². The highest BCUT2D eigenvalue weighted by Gasteiger charge is 2.18. The zero-order valence-electron chi connectivity index (χ0n) is 10.3. The second-order valence-electron chi connectivity index (χ2n) is 4.12. The van der Waals surface area contributed by atoms with Crippen LogP contribution in [0.15, 0.2) is 53.4 Å². The summed E-state index contributed by atoms with van der Waals surface area (Å²) in [5.41, 5.74) is 1.62. The van der Waals surface area contributed by atoms with Crippen molar-refractivity contribution in [1.29, 1.82) is 0 Å². The lowest BCUT2D eigenvalue weighted by Gasteiger charge is -2.09. The molecule has 2 aromatic carbocycles. The highest BCUT2D eigenvalue weighted by Crippen LogP contribution is 2.21. The predicted molar refractivity (Wildman–Crippen MR) is 70.2 cm³/mol. The molecular formula is C14H14O3S. The van der Waals surface area contributed by atoms with Crippen LogP contribution in [0.4, 0.5) is 0 Å².